The van der Waals surface area contributed by atoms with Gasteiger partial charge in [0.2, 0.25) is 5.91 Å². The fourth-order valence-corrected chi connectivity index (χ4v) is 2.58. The summed E-state index contributed by atoms with van der Waals surface area (Å²) in [4.78, 5) is 13.7. The van der Waals surface area contributed by atoms with Crippen molar-refractivity contribution >= 4 is 11.6 Å². The summed E-state index contributed by atoms with van der Waals surface area (Å²) in [5.74, 6) is 6.56. The molecule has 0 atom stereocenters. The van der Waals surface area contributed by atoms with Crippen LogP contribution in [0.15, 0.2) is 24.3 Å². The van der Waals surface area contributed by atoms with Gasteiger partial charge in [0.15, 0.2) is 0 Å². The fourth-order valence-electron chi connectivity index (χ4n) is 2.58. The van der Waals surface area contributed by atoms with Gasteiger partial charge in [-0.25, -0.2) is 5.01 Å². The molecule has 1 aromatic carbocycles. The van der Waals surface area contributed by atoms with E-state index in [0.29, 0.717) is 13.1 Å². The van der Waals surface area contributed by atoms with E-state index in [1.165, 1.54) is 25.7 Å². The van der Waals surface area contributed by atoms with Crippen molar-refractivity contribution in [2.24, 2.45) is 5.84 Å². The summed E-state index contributed by atoms with van der Waals surface area (Å²) >= 11 is 0. The van der Waals surface area contributed by atoms with Gasteiger partial charge in [-0.15, -0.1) is 0 Å². The maximum Gasteiger partial charge on any atom is 0.242 e. The van der Waals surface area contributed by atoms with Crippen molar-refractivity contribution in [3.63, 3.8) is 0 Å². The van der Waals surface area contributed by atoms with Crippen molar-refractivity contribution in [3.05, 3.63) is 24.3 Å². The molecule has 0 spiro atoms. The van der Waals surface area contributed by atoms with Gasteiger partial charge in [-0.05, 0) is 30.7 Å². The van der Waals surface area contributed by atoms with Crippen LogP contribution in [0.1, 0.15) is 39.0 Å². The summed E-state index contributed by atoms with van der Waals surface area (Å²) in [6, 6.07) is 7.75. The van der Waals surface area contributed by atoms with E-state index in [2.05, 4.69) is 6.92 Å². The fraction of sp³-hybridized carbons (Fsp3) is 0.588. The lowest BCUT2D eigenvalue weighted by Gasteiger charge is -2.31. The monoisotopic (exact) mass is 305 g/mol. The number of piperazine rings is 1. The molecule has 0 aromatic heterocycles. The number of hydrogen-bond donors (Lipinski definition) is 1. The second-order valence-corrected chi connectivity index (χ2v) is 5.77. The molecule has 0 saturated carbocycles. The number of benzene rings is 1. The second-order valence-electron chi connectivity index (χ2n) is 5.77. The highest BCUT2D eigenvalue weighted by molar-refractivity contribution is 5.95. The molecule has 1 aromatic rings. The van der Waals surface area contributed by atoms with Gasteiger partial charge < -0.3 is 9.64 Å². The third-order valence-corrected chi connectivity index (χ3v) is 3.92. The maximum absolute atomic E-state index is 12.0. The van der Waals surface area contributed by atoms with Crippen molar-refractivity contribution in [2.45, 2.75) is 39.0 Å². The molecule has 5 heteroatoms. The molecule has 2 rings (SSSR count). The number of carbonyl (C=O) groups excluding carboxylic acids is 1. The molecule has 1 fully saturated rings. The predicted molar refractivity (Wildman–Crippen MR) is 88.8 cm³/mol. The van der Waals surface area contributed by atoms with Crippen LogP contribution in [-0.2, 0) is 4.79 Å². The normalized spacial score (nSPS) is 16.1. The number of unbranched alkanes of at least 4 members (excludes halogenated alkanes) is 4. The zero-order chi connectivity index (χ0) is 15.8. The van der Waals surface area contributed by atoms with Crippen LogP contribution >= 0.6 is 0 Å². The van der Waals surface area contributed by atoms with Crippen molar-refractivity contribution < 1.29 is 9.53 Å². The van der Waals surface area contributed by atoms with Crippen LogP contribution in [-0.4, -0.2) is 37.2 Å². The minimum Gasteiger partial charge on any atom is -0.494 e. The quantitative estimate of drug-likeness (QED) is 0.592. The topological polar surface area (TPSA) is 58.8 Å². The minimum atomic E-state index is 0.0401. The van der Waals surface area contributed by atoms with Crippen LogP contribution < -0.4 is 15.5 Å². The molecule has 1 aliphatic rings. The Morgan fingerprint density at radius 3 is 2.50 bits per heavy atom. The molecule has 1 amide bonds. The minimum absolute atomic E-state index is 0.0401. The summed E-state index contributed by atoms with van der Waals surface area (Å²) in [5, 5.41) is 1.55. The number of nitrogens with two attached hydrogens (primary N) is 1. The van der Waals surface area contributed by atoms with E-state index < -0.39 is 0 Å². The van der Waals surface area contributed by atoms with Crippen LogP contribution in [0.4, 0.5) is 5.69 Å². The molecule has 0 radical (unpaired) electrons. The molecule has 0 bridgehead atoms. The Bertz CT molecular complexity index is 461. The lowest BCUT2D eigenvalue weighted by molar-refractivity contribution is -0.121. The molecule has 122 valence electrons. The Kier molecular flexibility index (Phi) is 6.68. The van der Waals surface area contributed by atoms with Crippen LogP contribution in [0.25, 0.3) is 0 Å². The van der Waals surface area contributed by atoms with Crippen molar-refractivity contribution in [1.29, 1.82) is 0 Å². The number of hydrazine groups is 1. The number of rotatable bonds is 8. The van der Waals surface area contributed by atoms with Crippen molar-refractivity contribution in [1.82, 2.24) is 5.01 Å². The van der Waals surface area contributed by atoms with Crippen LogP contribution in [0.5, 0.6) is 5.75 Å². The first kappa shape index (κ1) is 16.8. The highest BCUT2D eigenvalue weighted by atomic mass is 16.5. The Labute approximate surface area is 133 Å². The molecular weight excluding hydrogens is 278 g/mol. The maximum atomic E-state index is 12.0. The average Bonchev–Trinajstić information content (AvgIpc) is 2.52. The van der Waals surface area contributed by atoms with E-state index in [-0.39, 0.29) is 12.5 Å². The van der Waals surface area contributed by atoms with Crippen molar-refractivity contribution in [3.8, 4) is 5.75 Å². The lowest BCUT2D eigenvalue weighted by Crippen LogP contribution is -2.53. The summed E-state index contributed by atoms with van der Waals surface area (Å²) in [6.45, 7) is 4.58. The highest BCUT2D eigenvalue weighted by Gasteiger charge is 2.23. The van der Waals surface area contributed by atoms with Crippen LogP contribution in [0.2, 0.25) is 0 Å². The van der Waals surface area contributed by atoms with Gasteiger partial charge in [0, 0.05) is 18.8 Å². The first-order chi connectivity index (χ1) is 10.7. The van der Waals surface area contributed by atoms with Gasteiger partial charge in [-0.2, -0.15) is 0 Å². The number of nitrogens with zero attached hydrogens (tertiary/aromatic N) is 2. The van der Waals surface area contributed by atoms with Gasteiger partial charge in [0.25, 0.3) is 0 Å². The molecule has 5 nitrogen and oxygen atoms in total. The van der Waals surface area contributed by atoms with Gasteiger partial charge in [0.05, 0.1) is 13.2 Å². The lowest BCUT2D eigenvalue weighted by atomic mass is 10.2. The molecule has 1 saturated heterocycles. The molecular formula is C17H27N3O2. The van der Waals surface area contributed by atoms with Crippen LogP contribution in [0.3, 0.4) is 0 Å². The molecule has 1 aliphatic heterocycles. The Morgan fingerprint density at radius 1 is 1.09 bits per heavy atom. The zero-order valence-electron chi connectivity index (χ0n) is 13.5. The van der Waals surface area contributed by atoms with E-state index in [0.717, 1.165) is 24.5 Å². The standard InChI is InChI=1S/C17H27N3O2/c1-2-3-4-5-6-13-22-16-9-7-15(8-10-16)20-12-11-19(18)14-17(20)21/h7-10H,2-6,11-14,18H2,1H3. The zero-order valence-corrected chi connectivity index (χ0v) is 13.5. The SMILES string of the molecule is CCCCCCCOc1ccc(N2CCN(N)CC2=O)cc1. The average molecular weight is 305 g/mol. The summed E-state index contributed by atoms with van der Waals surface area (Å²) in [6.07, 6.45) is 6.18. The smallest absolute Gasteiger partial charge is 0.242 e. The first-order valence-corrected chi connectivity index (χ1v) is 8.23. The Morgan fingerprint density at radius 2 is 1.82 bits per heavy atom. The Balaban J connectivity index is 1.77. The van der Waals surface area contributed by atoms with E-state index >= 15 is 0 Å². The van der Waals surface area contributed by atoms with E-state index in [9.17, 15) is 4.79 Å². The summed E-state index contributed by atoms with van der Waals surface area (Å²) in [5.41, 5.74) is 0.911. The van der Waals surface area contributed by atoms with Gasteiger partial charge in [0.1, 0.15) is 5.75 Å². The third kappa shape index (κ3) is 5.00. The van der Waals surface area contributed by atoms with Gasteiger partial charge >= 0.3 is 0 Å². The predicted octanol–water partition coefficient (Wildman–Crippen LogP) is 2.56. The van der Waals surface area contributed by atoms with Crippen LogP contribution in [0, 0.1) is 0 Å². The Hall–Kier alpha value is -1.59. The summed E-state index contributed by atoms with van der Waals surface area (Å²) in [7, 11) is 0. The molecule has 2 N–H and O–H groups in total. The van der Waals surface area contributed by atoms with Crippen molar-refractivity contribution in [2.75, 3.05) is 31.1 Å². The van der Waals surface area contributed by atoms with Gasteiger partial charge in [-0.1, -0.05) is 32.6 Å². The van der Waals surface area contributed by atoms with Gasteiger partial charge in [-0.3, -0.25) is 10.6 Å². The first-order valence-electron chi connectivity index (χ1n) is 8.23. The number of amides is 1. The van der Waals surface area contributed by atoms with E-state index in [1.807, 2.05) is 24.3 Å². The highest BCUT2D eigenvalue weighted by Crippen LogP contribution is 2.21. The molecule has 1 heterocycles. The number of anilines is 1. The van der Waals surface area contributed by atoms with E-state index in [1.54, 1.807) is 9.91 Å². The second kappa shape index (κ2) is 8.76. The molecule has 22 heavy (non-hydrogen) atoms. The van der Waals surface area contributed by atoms with E-state index in [4.69, 9.17) is 10.6 Å². The molecule has 0 unspecified atom stereocenters. The number of hydrogen-bond acceptors (Lipinski definition) is 4. The molecule has 0 aliphatic carbocycles. The number of ether oxygens (including phenoxy) is 1. The largest absolute Gasteiger partial charge is 0.494 e. The summed E-state index contributed by atoms with van der Waals surface area (Å²) < 4.78 is 5.74. The third-order valence-electron chi connectivity index (χ3n) is 3.92. The number of carbonyl (C=O) groups is 1.